The predicted octanol–water partition coefficient (Wildman–Crippen LogP) is 2.77. The first-order chi connectivity index (χ1) is 10.4. The van der Waals surface area contributed by atoms with Gasteiger partial charge in [-0.05, 0) is 50.1 Å². The van der Waals surface area contributed by atoms with E-state index < -0.39 is 11.8 Å². The van der Waals surface area contributed by atoms with Gasteiger partial charge in [-0.3, -0.25) is 9.59 Å². The first-order valence-electron chi connectivity index (χ1n) is 6.92. The maximum absolute atomic E-state index is 12.0. The number of rotatable bonds is 2. The number of nitrogens with one attached hydrogen (secondary N) is 2. The van der Waals surface area contributed by atoms with E-state index in [0.29, 0.717) is 17.1 Å². The summed E-state index contributed by atoms with van der Waals surface area (Å²) in [5.74, 6) is -1.48. The topological polar surface area (TPSA) is 84.2 Å². The highest BCUT2D eigenvalue weighted by atomic mass is 16.2. The van der Waals surface area contributed by atoms with Crippen molar-refractivity contribution in [3.8, 4) is 0 Å². The minimum absolute atomic E-state index is 0.423. The molecule has 0 radical (unpaired) electrons. The van der Waals surface area contributed by atoms with Gasteiger partial charge in [0, 0.05) is 5.69 Å². The van der Waals surface area contributed by atoms with E-state index in [1.165, 1.54) is 0 Å². The molecule has 0 aromatic heterocycles. The van der Waals surface area contributed by atoms with Crippen LogP contribution in [-0.2, 0) is 9.59 Å². The van der Waals surface area contributed by atoms with Crippen LogP contribution in [0.15, 0.2) is 36.4 Å². The summed E-state index contributed by atoms with van der Waals surface area (Å²) >= 11 is 0. The van der Waals surface area contributed by atoms with Crippen LogP contribution >= 0.6 is 0 Å². The molecule has 0 atom stereocenters. The molecule has 5 nitrogen and oxygen atoms in total. The third-order valence-corrected chi connectivity index (χ3v) is 3.29. The molecule has 0 bridgehead atoms. The molecular formula is C17H19N3O2. The lowest BCUT2D eigenvalue weighted by Gasteiger charge is -2.11. The highest BCUT2D eigenvalue weighted by Crippen LogP contribution is 2.20. The number of hydrogen-bond donors (Lipinski definition) is 3. The summed E-state index contributed by atoms with van der Waals surface area (Å²) in [5, 5.41) is 5.11. The number of nitrogen functional groups attached to an aromatic ring is 1. The Kier molecular flexibility index (Phi) is 4.46. The Hall–Kier alpha value is -2.82. The summed E-state index contributed by atoms with van der Waals surface area (Å²) in [4.78, 5) is 23.9. The fourth-order valence-corrected chi connectivity index (χ4v) is 2.11. The third-order valence-electron chi connectivity index (χ3n) is 3.29. The molecule has 5 heteroatoms. The summed E-state index contributed by atoms with van der Waals surface area (Å²) in [7, 11) is 0. The minimum atomic E-state index is -0.754. The number of nitrogens with two attached hydrogens (primary N) is 1. The largest absolute Gasteiger partial charge is 0.397 e. The van der Waals surface area contributed by atoms with Gasteiger partial charge in [0.2, 0.25) is 0 Å². The summed E-state index contributed by atoms with van der Waals surface area (Å²) < 4.78 is 0. The first-order valence-corrected chi connectivity index (χ1v) is 6.92. The molecule has 0 heterocycles. The van der Waals surface area contributed by atoms with Gasteiger partial charge in [0.15, 0.2) is 0 Å². The lowest BCUT2D eigenvalue weighted by atomic mass is 10.1. The fourth-order valence-electron chi connectivity index (χ4n) is 2.11. The van der Waals surface area contributed by atoms with Crippen LogP contribution in [0.25, 0.3) is 0 Å². The lowest BCUT2D eigenvalue weighted by molar-refractivity contribution is -0.132. The Morgan fingerprint density at radius 3 is 1.86 bits per heavy atom. The number of carbonyl (C=O) groups is 2. The average Bonchev–Trinajstić information content (AvgIpc) is 2.44. The van der Waals surface area contributed by atoms with Gasteiger partial charge in [0.05, 0.1) is 11.4 Å². The Labute approximate surface area is 129 Å². The van der Waals surface area contributed by atoms with Crippen LogP contribution in [0, 0.1) is 20.8 Å². The van der Waals surface area contributed by atoms with Crippen molar-refractivity contribution in [1.29, 1.82) is 0 Å². The van der Waals surface area contributed by atoms with Crippen molar-refractivity contribution in [3.63, 3.8) is 0 Å². The van der Waals surface area contributed by atoms with E-state index in [1.807, 2.05) is 39.0 Å². The second kappa shape index (κ2) is 6.30. The molecule has 0 aliphatic heterocycles. The number of aryl methyl sites for hydroxylation is 3. The fraction of sp³-hybridized carbons (Fsp3) is 0.176. The lowest BCUT2D eigenvalue weighted by Crippen LogP contribution is -2.29. The molecule has 22 heavy (non-hydrogen) atoms. The van der Waals surface area contributed by atoms with Gasteiger partial charge >= 0.3 is 11.8 Å². The number of benzene rings is 2. The zero-order valence-corrected chi connectivity index (χ0v) is 12.9. The second-order valence-electron chi connectivity index (χ2n) is 5.32. The van der Waals surface area contributed by atoms with Gasteiger partial charge in [-0.15, -0.1) is 0 Å². The van der Waals surface area contributed by atoms with E-state index in [9.17, 15) is 9.59 Å². The molecular weight excluding hydrogens is 278 g/mol. The van der Waals surface area contributed by atoms with E-state index in [2.05, 4.69) is 10.6 Å². The van der Waals surface area contributed by atoms with Crippen molar-refractivity contribution >= 4 is 28.9 Å². The van der Waals surface area contributed by atoms with Crippen molar-refractivity contribution < 1.29 is 9.59 Å². The second-order valence-corrected chi connectivity index (χ2v) is 5.32. The van der Waals surface area contributed by atoms with E-state index >= 15 is 0 Å². The maximum Gasteiger partial charge on any atom is 0.314 e. The Bertz CT molecular complexity index is 675. The Morgan fingerprint density at radius 2 is 1.32 bits per heavy atom. The molecule has 0 unspecified atom stereocenters. The molecule has 0 aliphatic carbocycles. The van der Waals surface area contributed by atoms with Gasteiger partial charge in [0.1, 0.15) is 0 Å². The summed E-state index contributed by atoms with van der Waals surface area (Å²) in [6, 6.07) is 10.8. The maximum atomic E-state index is 12.0. The van der Waals surface area contributed by atoms with Crippen LogP contribution in [0.4, 0.5) is 17.1 Å². The third kappa shape index (κ3) is 3.63. The number of anilines is 3. The Balaban J connectivity index is 2.07. The van der Waals surface area contributed by atoms with Crippen molar-refractivity contribution in [2.45, 2.75) is 20.8 Å². The molecule has 4 N–H and O–H groups in total. The standard InChI is InChI=1S/C17H19N3O2/c1-10-4-6-14(12(3)8-10)19-16(21)17(22)20-15-7-5-11(2)9-13(15)18/h4-9H,18H2,1-3H3,(H,19,21)(H,20,22). The molecule has 0 spiro atoms. The molecule has 2 aromatic carbocycles. The SMILES string of the molecule is Cc1ccc(NC(=O)C(=O)Nc2ccc(C)cc2N)c(C)c1. The number of amides is 2. The van der Waals surface area contributed by atoms with Crippen LogP contribution in [0.3, 0.4) is 0 Å². The molecule has 0 saturated carbocycles. The van der Waals surface area contributed by atoms with Crippen molar-refractivity contribution in [2.75, 3.05) is 16.4 Å². The van der Waals surface area contributed by atoms with Crippen LogP contribution in [0.5, 0.6) is 0 Å². The van der Waals surface area contributed by atoms with Crippen molar-refractivity contribution in [2.24, 2.45) is 0 Å². The highest BCUT2D eigenvalue weighted by molar-refractivity contribution is 6.44. The zero-order valence-electron chi connectivity index (χ0n) is 12.9. The normalized spacial score (nSPS) is 10.1. The minimum Gasteiger partial charge on any atom is -0.397 e. The molecule has 0 saturated heterocycles. The summed E-state index contributed by atoms with van der Waals surface area (Å²) in [6.07, 6.45) is 0. The van der Waals surface area contributed by atoms with Gasteiger partial charge in [-0.2, -0.15) is 0 Å². The zero-order chi connectivity index (χ0) is 16.3. The van der Waals surface area contributed by atoms with Gasteiger partial charge < -0.3 is 16.4 Å². The van der Waals surface area contributed by atoms with Crippen LogP contribution in [-0.4, -0.2) is 11.8 Å². The number of carbonyl (C=O) groups excluding carboxylic acids is 2. The van der Waals surface area contributed by atoms with E-state index in [0.717, 1.165) is 16.7 Å². The van der Waals surface area contributed by atoms with Gasteiger partial charge in [0.25, 0.3) is 0 Å². The molecule has 0 aliphatic rings. The number of hydrogen-bond acceptors (Lipinski definition) is 3. The Morgan fingerprint density at radius 1 is 0.818 bits per heavy atom. The van der Waals surface area contributed by atoms with E-state index in [4.69, 9.17) is 5.73 Å². The molecule has 114 valence electrons. The average molecular weight is 297 g/mol. The summed E-state index contributed by atoms with van der Waals surface area (Å²) in [6.45, 7) is 5.73. The van der Waals surface area contributed by atoms with Crippen LogP contribution in [0.1, 0.15) is 16.7 Å². The van der Waals surface area contributed by atoms with Crippen LogP contribution in [0.2, 0.25) is 0 Å². The van der Waals surface area contributed by atoms with E-state index in [-0.39, 0.29) is 0 Å². The van der Waals surface area contributed by atoms with Crippen LogP contribution < -0.4 is 16.4 Å². The monoisotopic (exact) mass is 297 g/mol. The molecule has 2 aromatic rings. The van der Waals surface area contributed by atoms with E-state index in [1.54, 1.807) is 18.2 Å². The molecule has 2 rings (SSSR count). The first kappa shape index (κ1) is 15.6. The molecule has 2 amide bonds. The van der Waals surface area contributed by atoms with Crippen molar-refractivity contribution in [1.82, 2.24) is 0 Å². The van der Waals surface area contributed by atoms with Crippen molar-refractivity contribution in [3.05, 3.63) is 53.1 Å². The highest BCUT2D eigenvalue weighted by Gasteiger charge is 2.16. The van der Waals surface area contributed by atoms with Gasteiger partial charge in [-0.1, -0.05) is 23.8 Å². The smallest absolute Gasteiger partial charge is 0.314 e. The predicted molar refractivity (Wildman–Crippen MR) is 88.8 cm³/mol. The summed E-state index contributed by atoms with van der Waals surface area (Å²) in [5.41, 5.74) is 10.2. The van der Waals surface area contributed by atoms with Gasteiger partial charge in [-0.25, -0.2) is 0 Å². The quantitative estimate of drug-likeness (QED) is 0.588. The molecule has 0 fully saturated rings.